The van der Waals surface area contributed by atoms with Gasteiger partial charge in [0.05, 0.1) is 0 Å². The highest BCUT2D eigenvalue weighted by molar-refractivity contribution is 6.30. The normalized spacial score (nSPS) is 14.1. The van der Waals surface area contributed by atoms with Crippen molar-refractivity contribution in [2.24, 2.45) is 11.5 Å². The van der Waals surface area contributed by atoms with Crippen molar-refractivity contribution in [2.75, 3.05) is 0 Å². The Morgan fingerprint density at radius 3 is 2.65 bits per heavy atom. The molecule has 0 bridgehead atoms. The van der Waals surface area contributed by atoms with Crippen LogP contribution in [-0.4, -0.2) is 12.0 Å². The summed E-state index contributed by atoms with van der Waals surface area (Å²) in [6.45, 7) is 3.65. The highest BCUT2D eigenvalue weighted by Crippen LogP contribution is 2.28. The zero-order chi connectivity index (χ0) is 13.0. The van der Waals surface area contributed by atoms with Crippen molar-refractivity contribution in [2.45, 2.75) is 32.4 Å². The fourth-order valence-electron chi connectivity index (χ4n) is 1.48. The van der Waals surface area contributed by atoms with Crippen molar-refractivity contribution in [3.05, 3.63) is 28.8 Å². The molecular formula is C12H17ClN2O2. The third kappa shape index (κ3) is 3.61. The smallest absolute Gasteiger partial charge is 0.258 e. The summed E-state index contributed by atoms with van der Waals surface area (Å²) in [6.07, 6.45) is -0.134. The molecule has 1 unspecified atom stereocenters. The second-order valence-electron chi connectivity index (χ2n) is 3.89. The lowest BCUT2D eigenvalue weighted by molar-refractivity contribution is -0.124. The van der Waals surface area contributed by atoms with E-state index in [2.05, 4.69) is 0 Å². The van der Waals surface area contributed by atoms with Gasteiger partial charge in [0.15, 0.2) is 6.10 Å². The van der Waals surface area contributed by atoms with Crippen molar-refractivity contribution in [1.82, 2.24) is 0 Å². The molecule has 2 atom stereocenters. The summed E-state index contributed by atoms with van der Waals surface area (Å²) in [7, 11) is 0. The molecule has 94 valence electrons. The molecule has 0 radical (unpaired) electrons. The van der Waals surface area contributed by atoms with Crippen LogP contribution in [0.4, 0.5) is 0 Å². The Morgan fingerprint density at radius 1 is 1.53 bits per heavy atom. The Balaban J connectivity index is 3.01. The zero-order valence-electron chi connectivity index (χ0n) is 9.94. The molecule has 17 heavy (non-hydrogen) atoms. The van der Waals surface area contributed by atoms with Crippen molar-refractivity contribution < 1.29 is 9.53 Å². The average molecular weight is 257 g/mol. The Morgan fingerprint density at radius 2 is 2.18 bits per heavy atom. The quantitative estimate of drug-likeness (QED) is 0.846. The van der Waals surface area contributed by atoms with E-state index in [1.807, 2.05) is 13.8 Å². The number of rotatable bonds is 5. The first kappa shape index (κ1) is 13.8. The predicted octanol–water partition coefficient (Wildman–Crippen LogP) is 2.00. The van der Waals surface area contributed by atoms with Gasteiger partial charge in [0.2, 0.25) is 0 Å². The number of carbonyl (C=O) groups excluding carboxylic acids is 1. The molecule has 0 saturated heterocycles. The summed E-state index contributed by atoms with van der Waals surface area (Å²) in [6, 6.07) is 4.90. The number of ether oxygens (including phenoxy) is 1. The van der Waals surface area contributed by atoms with E-state index in [9.17, 15) is 4.79 Å². The Kier molecular flexibility index (Phi) is 4.78. The van der Waals surface area contributed by atoms with Crippen LogP contribution in [-0.2, 0) is 4.79 Å². The number of primary amides is 1. The van der Waals surface area contributed by atoms with Crippen LogP contribution >= 0.6 is 11.6 Å². The van der Waals surface area contributed by atoms with Gasteiger partial charge in [-0.1, -0.05) is 18.5 Å². The molecule has 1 amide bonds. The van der Waals surface area contributed by atoms with Crippen molar-refractivity contribution in [3.63, 3.8) is 0 Å². The molecule has 1 rings (SSSR count). The van der Waals surface area contributed by atoms with E-state index in [-0.39, 0.29) is 6.04 Å². The molecule has 0 aliphatic heterocycles. The summed E-state index contributed by atoms with van der Waals surface area (Å²) >= 11 is 5.89. The van der Waals surface area contributed by atoms with Crippen LogP contribution in [0.1, 0.15) is 31.9 Å². The molecule has 0 aliphatic carbocycles. The minimum Gasteiger partial charge on any atom is -0.480 e. The number of benzene rings is 1. The number of hydrogen-bond donors (Lipinski definition) is 2. The Labute approximate surface area is 106 Å². The molecule has 5 heteroatoms. The molecule has 1 aromatic carbocycles. The fraction of sp³-hybridized carbons (Fsp3) is 0.417. The second-order valence-corrected chi connectivity index (χ2v) is 4.32. The van der Waals surface area contributed by atoms with Gasteiger partial charge in [-0.15, -0.1) is 0 Å². The van der Waals surface area contributed by atoms with Gasteiger partial charge in [0, 0.05) is 16.6 Å². The molecule has 0 heterocycles. The molecule has 1 aromatic rings. The van der Waals surface area contributed by atoms with Gasteiger partial charge in [0.1, 0.15) is 5.75 Å². The third-order valence-corrected chi connectivity index (χ3v) is 2.65. The van der Waals surface area contributed by atoms with Crippen LogP contribution in [0.2, 0.25) is 5.02 Å². The number of halogens is 1. The SMILES string of the molecule is CCC(Oc1ccc(Cl)cc1[C@@H](C)N)C(N)=O. The van der Waals surface area contributed by atoms with Gasteiger partial charge < -0.3 is 16.2 Å². The van der Waals surface area contributed by atoms with Crippen molar-refractivity contribution in [1.29, 1.82) is 0 Å². The van der Waals surface area contributed by atoms with Crippen LogP contribution < -0.4 is 16.2 Å². The summed E-state index contributed by atoms with van der Waals surface area (Å²) in [4.78, 5) is 11.1. The Bertz CT molecular complexity index is 407. The predicted molar refractivity (Wildman–Crippen MR) is 68.0 cm³/mol. The first-order valence-electron chi connectivity index (χ1n) is 5.46. The van der Waals surface area contributed by atoms with E-state index in [0.717, 1.165) is 5.56 Å². The molecule has 0 aromatic heterocycles. The van der Waals surface area contributed by atoms with Crippen LogP contribution in [0.5, 0.6) is 5.75 Å². The maximum atomic E-state index is 11.1. The second kappa shape index (κ2) is 5.89. The molecule has 0 spiro atoms. The highest BCUT2D eigenvalue weighted by Gasteiger charge is 2.17. The number of carbonyl (C=O) groups is 1. The first-order chi connectivity index (χ1) is 7.95. The maximum absolute atomic E-state index is 11.1. The number of amides is 1. The molecule has 0 fully saturated rings. The maximum Gasteiger partial charge on any atom is 0.258 e. The zero-order valence-corrected chi connectivity index (χ0v) is 10.7. The number of nitrogens with two attached hydrogens (primary N) is 2. The molecule has 0 aliphatic rings. The summed E-state index contributed by atoms with van der Waals surface area (Å²) in [5, 5.41) is 0.580. The largest absolute Gasteiger partial charge is 0.480 e. The highest BCUT2D eigenvalue weighted by atomic mass is 35.5. The lowest BCUT2D eigenvalue weighted by Gasteiger charge is -2.18. The van der Waals surface area contributed by atoms with E-state index in [0.29, 0.717) is 17.2 Å². The molecular weight excluding hydrogens is 240 g/mol. The average Bonchev–Trinajstić information content (AvgIpc) is 2.26. The third-order valence-electron chi connectivity index (χ3n) is 2.42. The first-order valence-corrected chi connectivity index (χ1v) is 5.84. The minimum atomic E-state index is -0.645. The molecule has 4 nitrogen and oxygen atoms in total. The van der Waals surface area contributed by atoms with Crippen LogP contribution in [0.15, 0.2) is 18.2 Å². The molecule has 0 saturated carbocycles. The van der Waals surface area contributed by atoms with E-state index in [1.54, 1.807) is 18.2 Å². The lowest BCUT2D eigenvalue weighted by Crippen LogP contribution is -2.33. The van der Waals surface area contributed by atoms with Gasteiger partial charge >= 0.3 is 0 Å². The van der Waals surface area contributed by atoms with Crippen LogP contribution in [0.3, 0.4) is 0 Å². The summed E-state index contributed by atoms with van der Waals surface area (Å²) in [5.41, 5.74) is 11.8. The van der Waals surface area contributed by atoms with E-state index >= 15 is 0 Å². The van der Waals surface area contributed by atoms with Crippen molar-refractivity contribution in [3.8, 4) is 5.75 Å². The van der Waals surface area contributed by atoms with Crippen LogP contribution in [0.25, 0.3) is 0 Å². The van der Waals surface area contributed by atoms with Gasteiger partial charge in [0.25, 0.3) is 5.91 Å². The standard InChI is InChI=1S/C12H17ClN2O2/c1-3-10(12(15)16)17-11-5-4-8(13)6-9(11)7(2)14/h4-7,10H,3,14H2,1-2H3,(H2,15,16)/t7-,10?/m1/s1. The summed E-state index contributed by atoms with van der Waals surface area (Å²) < 4.78 is 5.56. The van der Waals surface area contributed by atoms with Crippen LogP contribution in [0, 0.1) is 0 Å². The lowest BCUT2D eigenvalue weighted by atomic mass is 10.1. The van der Waals surface area contributed by atoms with Gasteiger partial charge in [-0.25, -0.2) is 0 Å². The van der Waals surface area contributed by atoms with Gasteiger partial charge in [-0.05, 0) is 31.5 Å². The van der Waals surface area contributed by atoms with E-state index in [1.165, 1.54) is 0 Å². The van der Waals surface area contributed by atoms with Gasteiger partial charge in [-0.3, -0.25) is 4.79 Å². The van der Waals surface area contributed by atoms with Gasteiger partial charge in [-0.2, -0.15) is 0 Å². The minimum absolute atomic E-state index is 0.228. The monoisotopic (exact) mass is 256 g/mol. The fourth-order valence-corrected chi connectivity index (χ4v) is 1.66. The van der Waals surface area contributed by atoms with E-state index < -0.39 is 12.0 Å². The Hall–Kier alpha value is -1.26. The van der Waals surface area contributed by atoms with Crippen molar-refractivity contribution >= 4 is 17.5 Å². The number of hydrogen-bond acceptors (Lipinski definition) is 3. The van der Waals surface area contributed by atoms with E-state index in [4.69, 9.17) is 27.8 Å². The molecule has 4 N–H and O–H groups in total. The topological polar surface area (TPSA) is 78.3 Å². The summed E-state index contributed by atoms with van der Waals surface area (Å²) in [5.74, 6) is 0.0631.